The van der Waals surface area contributed by atoms with Gasteiger partial charge in [-0.1, -0.05) is 20.8 Å². The van der Waals surface area contributed by atoms with Gasteiger partial charge in [0.15, 0.2) is 11.5 Å². The molecule has 0 aliphatic carbocycles. The first-order valence-electron chi connectivity index (χ1n) is 9.91. The van der Waals surface area contributed by atoms with E-state index in [9.17, 15) is 14.7 Å². The van der Waals surface area contributed by atoms with Gasteiger partial charge in [0.2, 0.25) is 0 Å². The molecule has 33 heavy (non-hydrogen) atoms. The van der Waals surface area contributed by atoms with E-state index in [4.69, 9.17) is 9.15 Å². The monoisotopic (exact) mass is 537 g/mol. The zero-order chi connectivity index (χ0) is 24.7. The molecule has 0 saturated carbocycles. The molecule has 3 aromatic heterocycles. The minimum absolute atomic E-state index is 0.0731. The summed E-state index contributed by atoms with van der Waals surface area (Å²) in [4.78, 5) is 35.1. The first-order valence-corrected chi connectivity index (χ1v) is 11.6. The number of ether oxygens (including phenoxy) is 1. The molecule has 0 radical (unpaired) electrons. The lowest BCUT2D eigenvalue weighted by Gasteiger charge is -2.26. The fourth-order valence-electron chi connectivity index (χ4n) is 2.75. The summed E-state index contributed by atoms with van der Waals surface area (Å²) in [6, 6.07) is 1.92. The quantitative estimate of drug-likeness (QED) is 0.424. The number of carbonyl (C=O) groups excluding carboxylic acids is 1. The van der Waals surface area contributed by atoms with Gasteiger partial charge in [-0.3, -0.25) is 0 Å². The lowest BCUT2D eigenvalue weighted by Crippen LogP contribution is -2.41. The summed E-state index contributed by atoms with van der Waals surface area (Å²) in [6.07, 6.45) is -2.71. The number of anilines is 1. The summed E-state index contributed by atoms with van der Waals surface area (Å²) in [5, 5.41) is 19.9. The van der Waals surface area contributed by atoms with E-state index in [1.165, 1.54) is 11.3 Å². The van der Waals surface area contributed by atoms with Crippen LogP contribution in [0.4, 0.5) is 15.4 Å². The maximum absolute atomic E-state index is 12.8. The van der Waals surface area contributed by atoms with Crippen molar-refractivity contribution in [3.63, 3.8) is 0 Å². The van der Waals surface area contributed by atoms with E-state index >= 15 is 0 Å². The van der Waals surface area contributed by atoms with Crippen LogP contribution in [-0.4, -0.2) is 43.1 Å². The Morgan fingerprint density at radius 3 is 2.27 bits per heavy atom. The SMILES string of the molecule is Cc1ccsc1-c1nnc(-c2nc(Br)c(C(C)(C)C)nc2N(C(=O)O)C(=O)OC(C)(C)C)o1. The Hall–Kier alpha value is -2.86. The van der Waals surface area contributed by atoms with Crippen molar-refractivity contribution in [2.45, 2.75) is 59.5 Å². The number of carboxylic acid groups (broad SMARTS) is 1. The molecule has 3 rings (SSSR count). The molecule has 0 spiro atoms. The van der Waals surface area contributed by atoms with Crippen LogP contribution in [0.2, 0.25) is 0 Å². The van der Waals surface area contributed by atoms with Crippen LogP contribution >= 0.6 is 27.3 Å². The molecule has 1 N–H and O–H groups in total. The normalized spacial score (nSPS) is 12.0. The summed E-state index contributed by atoms with van der Waals surface area (Å²) < 4.78 is 11.5. The van der Waals surface area contributed by atoms with Gasteiger partial charge in [0.25, 0.3) is 11.8 Å². The smallest absolute Gasteiger partial charge is 0.425 e. The number of aromatic nitrogens is 4. The second-order valence-corrected chi connectivity index (χ2v) is 10.9. The van der Waals surface area contributed by atoms with Gasteiger partial charge in [0.05, 0.1) is 10.6 Å². The average Bonchev–Trinajstić information content (AvgIpc) is 3.28. The van der Waals surface area contributed by atoms with Gasteiger partial charge in [0.1, 0.15) is 10.2 Å². The van der Waals surface area contributed by atoms with Gasteiger partial charge in [-0.2, -0.15) is 4.90 Å². The van der Waals surface area contributed by atoms with Crippen molar-refractivity contribution in [2.75, 3.05) is 4.90 Å². The van der Waals surface area contributed by atoms with Crippen LogP contribution in [0.15, 0.2) is 20.5 Å². The average molecular weight is 538 g/mol. The molecule has 0 unspecified atom stereocenters. The number of thiophene rings is 1. The highest BCUT2D eigenvalue weighted by Crippen LogP contribution is 2.37. The molecule has 0 saturated heterocycles. The fraction of sp³-hybridized carbons (Fsp3) is 0.429. The highest BCUT2D eigenvalue weighted by molar-refractivity contribution is 9.10. The Labute approximate surface area is 203 Å². The Morgan fingerprint density at radius 1 is 1.12 bits per heavy atom. The number of halogens is 1. The van der Waals surface area contributed by atoms with Crippen LogP contribution < -0.4 is 4.90 Å². The minimum atomic E-state index is -1.59. The molecule has 3 aromatic rings. The highest BCUT2D eigenvalue weighted by atomic mass is 79.9. The maximum Gasteiger partial charge on any atom is 0.425 e. The Kier molecular flexibility index (Phi) is 6.62. The van der Waals surface area contributed by atoms with Crippen LogP contribution in [0.25, 0.3) is 22.4 Å². The third-order valence-corrected chi connectivity index (χ3v) is 5.77. The van der Waals surface area contributed by atoms with Crippen molar-refractivity contribution >= 4 is 45.3 Å². The molecule has 10 nitrogen and oxygen atoms in total. The van der Waals surface area contributed by atoms with E-state index in [0.29, 0.717) is 15.2 Å². The second kappa shape index (κ2) is 8.82. The summed E-state index contributed by atoms with van der Waals surface area (Å²) in [6.45, 7) is 12.5. The molecular formula is C21H24BrN5O5S. The topological polar surface area (TPSA) is 132 Å². The van der Waals surface area contributed by atoms with E-state index < -0.39 is 23.2 Å². The van der Waals surface area contributed by atoms with Gasteiger partial charge in [-0.15, -0.1) is 21.5 Å². The number of aryl methyl sites for hydroxylation is 1. The molecule has 0 atom stereocenters. The van der Waals surface area contributed by atoms with E-state index in [0.717, 1.165) is 10.4 Å². The summed E-state index contributed by atoms with van der Waals surface area (Å²) in [7, 11) is 0. The van der Waals surface area contributed by atoms with Gasteiger partial charge in [0, 0.05) is 5.41 Å². The van der Waals surface area contributed by atoms with Crippen molar-refractivity contribution in [3.05, 3.63) is 27.3 Å². The van der Waals surface area contributed by atoms with Crippen LogP contribution in [-0.2, 0) is 10.2 Å². The van der Waals surface area contributed by atoms with E-state index in [1.54, 1.807) is 20.8 Å². The maximum atomic E-state index is 12.8. The number of nitrogens with zero attached hydrogens (tertiary/aromatic N) is 5. The second-order valence-electron chi connectivity index (χ2n) is 9.23. The zero-order valence-corrected chi connectivity index (χ0v) is 21.7. The van der Waals surface area contributed by atoms with Crippen molar-refractivity contribution in [1.29, 1.82) is 0 Å². The minimum Gasteiger partial charge on any atom is -0.464 e. The molecule has 0 fully saturated rings. The van der Waals surface area contributed by atoms with Gasteiger partial charge >= 0.3 is 12.2 Å². The first-order chi connectivity index (χ1) is 15.2. The number of carbonyl (C=O) groups is 2. The Bertz CT molecular complexity index is 1210. The van der Waals surface area contributed by atoms with E-state index in [2.05, 4.69) is 36.1 Å². The lowest BCUT2D eigenvalue weighted by molar-refractivity contribution is 0.0580. The summed E-state index contributed by atoms with van der Waals surface area (Å²) in [5.74, 6) is -0.125. The van der Waals surface area contributed by atoms with Crippen molar-refractivity contribution in [3.8, 4) is 22.4 Å². The number of amides is 2. The third-order valence-electron chi connectivity index (χ3n) is 4.21. The van der Waals surface area contributed by atoms with Crippen LogP contribution in [0, 0.1) is 6.92 Å². The first kappa shape index (κ1) is 24.8. The van der Waals surface area contributed by atoms with Crippen LogP contribution in [0.3, 0.4) is 0 Å². The molecular weight excluding hydrogens is 514 g/mol. The molecule has 2 amide bonds. The predicted molar refractivity (Wildman–Crippen MR) is 127 cm³/mol. The molecule has 3 heterocycles. The summed E-state index contributed by atoms with van der Waals surface area (Å²) >= 11 is 4.83. The van der Waals surface area contributed by atoms with Crippen molar-refractivity contribution in [2.24, 2.45) is 0 Å². The number of imide groups is 1. The highest BCUT2D eigenvalue weighted by Gasteiger charge is 2.36. The molecule has 0 aliphatic heterocycles. The van der Waals surface area contributed by atoms with E-state index in [-0.39, 0.29) is 23.3 Å². The summed E-state index contributed by atoms with van der Waals surface area (Å²) in [5.41, 5.74) is -0.145. The van der Waals surface area contributed by atoms with Gasteiger partial charge in [-0.05, 0) is 60.6 Å². The van der Waals surface area contributed by atoms with E-state index in [1.807, 2.05) is 39.1 Å². The Balaban J connectivity index is 2.23. The standard InChI is InChI=1S/C21H24BrN5O5S/c1-10-8-9-33-12(10)17-26-25-16(31-17)11-15(24-13(14(22)23-11)20(2,3)4)27(18(28)29)19(30)32-21(5,6)7/h8-9H,1-7H3,(H,28,29). The van der Waals surface area contributed by atoms with Gasteiger partial charge in [-0.25, -0.2) is 19.6 Å². The Morgan fingerprint density at radius 2 is 1.76 bits per heavy atom. The number of hydrogen-bond donors (Lipinski definition) is 1. The molecule has 0 aliphatic rings. The molecule has 12 heteroatoms. The molecule has 176 valence electrons. The van der Waals surface area contributed by atoms with Crippen LogP contribution in [0.1, 0.15) is 52.8 Å². The fourth-order valence-corrected chi connectivity index (χ4v) is 4.45. The van der Waals surface area contributed by atoms with Gasteiger partial charge < -0.3 is 14.3 Å². The predicted octanol–water partition coefficient (Wildman–Crippen LogP) is 6.04. The largest absolute Gasteiger partial charge is 0.464 e. The lowest BCUT2D eigenvalue weighted by atomic mass is 9.92. The van der Waals surface area contributed by atoms with Crippen LogP contribution in [0.5, 0.6) is 0 Å². The van der Waals surface area contributed by atoms with Crippen molar-refractivity contribution in [1.82, 2.24) is 20.2 Å². The molecule has 0 aromatic carbocycles. The number of rotatable bonds is 3. The molecule has 0 bridgehead atoms. The van der Waals surface area contributed by atoms with Crippen molar-refractivity contribution < 1.29 is 23.8 Å². The number of hydrogen-bond acceptors (Lipinski definition) is 9. The third kappa shape index (κ3) is 5.38. The zero-order valence-electron chi connectivity index (χ0n) is 19.3.